The smallest absolute Gasteiger partial charge is 0.253 e. The molecule has 1 aromatic heterocycles. The molecular formula is C23H23Cl4N5O2S. The quantitative estimate of drug-likeness (QED) is 0.275. The maximum absolute atomic E-state index is 12.9. The Morgan fingerprint density at radius 2 is 1.74 bits per heavy atom. The van der Waals surface area contributed by atoms with Crippen LogP contribution in [0.15, 0.2) is 41.6 Å². The molecule has 7 nitrogen and oxygen atoms in total. The lowest BCUT2D eigenvalue weighted by Crippen LogP contribution is -2.34. The fraction of sp³-hybridized carbons (Fsp3) is 0.304. The second-order valence-electron chi connectivity index (χ2n) is 7.87. The van der Waals surface area contributed by atoms with E-state index in [9.17, 15) is 9.59 Å². The number of hydrogen-bond acceptors (Lipinski definition) is 5. The van der Waals surface area contributed by atoms with E-state index in [1.165, 1.54) is 17.8 Å². The fourth-order valence-electron chi connectivity index (χ4n) is 3.26. The Hall–Kier alpha value is -1.97. The molecule has 0 aliphatic heterocycles. The van der Waals surface area contributed by atoms with Gasteiger partial charge in [-0.15, -0.1) is 10.2 Å². The average molecular weight is 575 g/mol. The maximum Gasteiger partial charge on any atom is 0.253 e. The van der Waals surface area contributed by atoms with Gasteiger partial charge in [0.25, 0.3) is 5.91 Å². The highest BCUT2D eigenvalue weighted by Crippen LogP contribution is 2.28. The highest BCUT2D eigenvalue weighted by atomic mass is 35.5. The molecule has 2 amide bonds. The minimum Gasteiger partial charge on any atom is -0.342 e. The number of rotatable bonds is 9. The van der Waals surface area contributed by atoms with Gasteiger partial charge in [0, 0.05) is 17.3 Å². The number of carbonyl (C=O) groups is 2. The third-order valence-electron chi connectivity index (χ3n) is 5.00. The van der Waals surface area contributed by atoms with Gasteiger partial charge in [-0.05, 0) is 49.2 Å². The molecule has 3 rings (SSSR count). The average Bonchev–Trinajstić information content (AvgIpc) is 3.20. The zero-order valence-electron chi connectivity index (χ0n) is 19.1. The summed E-state index contributed by atoms with van der Waals surface area (Å²) >= 11 is 25.3. The zero-order valence-corrected chi connectivity index (χ0v) is 23.0. The van der Waals surface area contributed by atoms with E-state index in [2.05, 4.69) is 20.8 Å². The molecule has 186 valence electrons. The Morgan fingerprint density at radius 3 is 2.37 bits per heavy atom. The van der Waals surface area contributed by atoms with Crippen LogP contribution in [0.5, 0.6) is 0 Å². The number of benzene rings is 2. The molecule has 0 aliphatic carbocycles. The van der Waals surface area contributed by atoms with Crippen LogP contribution in [0, 0.1) is 5.92 Å². The van der Waals surface area contributed by atoms with E-state index in [0.29, 0.717) is 43.8 Å². The minimum absolute atomic E-state index is 0.00956. The van der Waals surface area contributed by atoms with Gasteiger partial charge in [-0.25, -0.2) is 0 Å². The van der Waals surface area contributed by atoms with Crippen molar-refractivity contribution >= 4 is 75.7 Å². The van der Waals surface area contributed by atoms with Crippen molar-refractivity contribution in [2.75, 3.05) is 11.1 Å². The van der Waals surface area contributed by atoms with E-state index in [-0.39, 0.29) is 28.5 Å². The summed E-state index contributed by atoms with van der Waals surface area (Å²) in [5.41, 5.74) is 0.865. The lowest BCUT2D eigenvalue weighted by molar-refractivity contribution is -0.113. The number of anilines is 1. The van der Waals surface area contributed by atoms with Crippen molar-refractivity contribution in [2.45, 2.75) is 38.5 Å². The van der Waals surface area contributed by atoms with Crippen LogP contribution in [0.3, 0.4) is 0 Å². The molecule has 0 spiro atoms. The van der Waals surface area contributed by atoms with Crippen LogP contribution in [0.1, 0.15) is 43.0 Å². The summed E-state index contributed by atoms with van der Waals surface area (Å²) in [5, 5.41) is 16.4. The van der Waals surface area contributed by atoms with Gasteiger partial charge in [-0.3, -0.25) is 9.59 Å². The lowest BCUT2D eigenvalue weighted by atomic mass is 10.0. The van der Waals surface area contributed by atoms with Crippen molar-refractivity contribution in [3.05, 3.63) is 67.9 Å². The molecule has 0 bridgehead atoms. The highest BCUT2D eigenvalue weighted by molar-refractivity contribution is 7.99. The summed E-state index contributed by atoms with van der Waals surface area (Å²) in [7, 11) is 0. The van der Waals surface area contributed by atoms with Gasteiger partial charge in [0.05, 0.1) is 32.4 Å². The monoisotopic (exact) mass is 573 g/mol. The van der Waals surface area contributed by atoms with Crippen LogP contribution in [0.4, 0.5) is 5.69 Å². The van der Waals surface area contributed by atoms with Gasteiger partial charge >= 0.3 is 0 Å². The molecule has 35 heavy (non-hydrogen) atoms. The van der Waals surface area contributed by atoms with E-state index in [0.717, 1.165) is 0 Å². The molecule has 2 N–H and O–H groups in total. The van der Waals surface area contributed by atoms with E-state index in [1.807, 2.05) is 25.3 Å². The summed E-state index contributed by atoms with van der Waals surface area (Å²) in [6.45, 7) is 6.45. The fourth-order valence-corrected chi connectivity index (χ4v) is 4.86. The number of halogens is 4. The van der Waals surface area contributed by atoms with Crippen LogP contribution >= 0.6 is 58.2 Å². The van der Waals surface area contributed by atoms with Crippen LogP contribution < -0.4 is 10.6 Å². The Labute approximate surface area is 227 Å². The van der Waals surface area contributed by atoms with E-state index in [4.69, 9.17) is 46.4 Å². The maximum atomic E-state index is 12.9. The second kappa shape index (κ2) is 12.3. The second-order valence-corrected chi connectivity index (χ2v) is 10.5. The molecule has 1 heterocycles. The predicted octanol–water partition coefficient (Wildman–Crippen LogP) is 6.77. The summed E-state index contributed by atoms with van der Waals surface area (Å²) in [6, 6.07) is 9.16. The first-order valence-electron chi connectivity index (χ1n) is 10.7. The van der Waals surface area contributed by atoms with Gasteiger partial charge in [0.15, 0.2) is 11.0 Å². The molecular weight excluding hydrogens is 552 g/mol. The van der Waals surface area contributed by atoms with Gasteiger partial charge in [0.1, 0.15) is 0 Å². The third kappa shape index (κ3) is 7.05. The van der Waals surface area contributed by atoms with Crippen LogP contribution in [-0.4, -0.2) is 32.3 Å². The predicted molar refractivity (Wildman–Crippen MR) is 143 cm³/mol. The third-order valence-corrected chi connectivity index (χ3v) is 7.26. The molecule has 0 fully saturated rings. The summed E-state index contributed by atoms with van der Waals surface area (Å²) in [5.74, 6) is 0.138. The number of aromatic nitrogens is 3. The highest BCUT2D eigenvalue weighted by Gasteiger charge is 2.27. The minimum atomic E-state index is -0.430. The lowest BCUT2D eigenvalue weighted by Gasteiger charge is -2.22. The zero-order chi connectivity index (χ0) is 25.7. The SMILES string of the molecule is CCn1c(SCC(=O)Nc2ccc(Cl)c(Cl)c2)nnc1[C@@H](NC(=O)c1ccc(Cl)cc1Cl)C(C)C. The van der Waals surface area contributed by atoms with Gasteiger partial charge in [-0.2, -0.15) is 0 Å². The molecule has 3 aromatic rings. The van der Waals surface area contributed by atoms with Crippen molar-refractivity contribution in [1.82, 2.24) is 20.1 Å². The normalized spacial score (nSPS) is 12.0. The van der Waals surface area contributed by atoms with Crippen molar-refractivity contribution in [1.29, 1.82) is 0 Å². The Balaban J connectivity index is 1.72. The number of nitrogens with one attached hydrogen (secondary N) is 2. The molecule has 0 saturated carbocycles. The molecule has 12 heteroatoms. The van der Waals surface area contributed by atoms with Gasteiger partial charge in [0.2, 0.25) is 5.91 Å². The van der Waals surface area contributed by atoms with Gasteiger partial charge in [-0.1, -0.05) is 72.0 Å². The molecule has 0 aliphatic rings. The number of carbonyl (C=O) groups excluding carboxylic acids is 2. The van der Waals surface area contributed by atoms with Crippen molar-refractivity contribution in [3.8, 4) is 0 Å². The Morgan fingerprint density at radius 1 is 1.00 bits per heavy atom. The number of nitrogens with zero attached hydrogens (tertiary/aromatic N) is 3. The first kappa shape index (κ1) is 27.6. The molecule has 0 unspecified atom stereocenters. The van der Waals surface area contributed by atoms with Gasteiger partial charge < -0.3 is 15.2 Å². The number of hydrogen-bond donors (Lipinski definition) is 2. The van der Waals surface area contributed by atoms with E-state index >= 15 is 0 Å². The summed E-state index contributed by atoms with van der Waals surface area (Å²) in [6.07, 6.45) is 0. The number of thioether (sulfide) groups is 1. The first-order chi connectivity index (χ1) is 16.6. The van der Waals surface area contributed by atoms with Crippen LogP contribution in [-0.2, 0) is 11.3 Å². The summed E-state index contributed by atoms with van der Waals surface area (Å²) < 4.78 is 1.88. The molecule has 2 aromatic carbocycles. The molecule has 0 saturated heterocycles. The first-order valence-corrected chi connectivity index (χ1v) is 13.2. The van der Waals surface area contributed by atoms with Crippen molar-refractivity contribution < 1.29 is 9.59 Å². The Bertz CT molecular complexity index is 1230. The number of amides is 2. The van der Waals surface area contributed by atoms with Crippen molar-refractivity contribution in [2.24, 2.45) is 5.92 Å². The van der Waals surface area contributed by atoms with E-state index < -0.39 is 6.04 Å². The summed E-state index contributed by atoms with van der Waals surface area (Å²) in [4.78, 5) is 25.4. The topological polar surface area (TPSA) is 88.9 Å². The van der Waals surface area contributed by atoms with E-state index in [1.54, 1.807) is 30.3 Å². The molecule has 0 radical (unpaired) electrons. The molecule has 1 atom stereocenters. The van der Waals surface area contributed by atoms with Crippen LogP contribution in [0.2, 0.25) is 20.1 Å². The standard InChI is InChI=1S/C23H23Cl4N5O2S/c1-4-32-21(20(12(2)3)29-22(34)15-7-5-13(24)9-17(15)26)30-31-23(32)35-11-19(33)28-14-6-8-16(25)18(27)10-14/h5-10,12,20H,4,11H2,1-3H3,(H,28,33)(H,29,34)/t20-/m0/s1. The van der Waals surface area contributed by atoms with Crippen molar-refractivity contribution in [3.63, 3.8) is 0 Å². The van der Waals surface area contributed by atoms with Crippen LogP contribution in [0.25, 0.3) is 0 Å². The Kier molecular flexibility index (Phi) is 9.72. The largest absolute Gasteiger partial charge is 0.342 e.